The van der Waals surface area contributed by atoms with Crippen LogP contribution in [0.3, 0.4) is 0 Å². The Morgan fingerprint density at radius 2 is 2.10 bits per heavy atom. The van der Waals surface area contributed by atoms with Crippen LogP contribution in [0.1, 0.15) is 25.1 Å². The number of carbonyl (C=O) groups excluding carboxylic acids is 2. The Hall–Kier alpha value is -2.66. The van der Waals surface area contributed by atoms with Crippen LogP contribution in [0.2, 0.25) is 0 Å². The number of primary amides is 1. The van der Waals surface area contributed by atoms with Crippen molar-refractivity contribution in [3.63, 3.8) is 0 Å². The Labute approximate surface area is 180 Å². The smallest absolute Gasteiger partial charge is 0.311 e. The van der Waals surface area contributed by atoms with Crippen LogP contribution in [-0.4, -0.2) is 42.9 Å². The van der Waals surface area contributed by atoms with Gasteiger partial charge in [-0.3, -0.25) is 15.0 Å². The number of halogens is 1. The fourth-order valence-corrected chi connectivity index (χ4v) is 3.40. The summed E-state index contributed by atoms with van der Waals surface area (Å²) < 4.78 is 16.5. The molecule has 9 nitrogen and oxygen atoms in total. The maximum Gasteiger partial charge on any atom is 0.311 e. The Kier molecular flexibility index (Phi) is 8.87. The molecule has 0 spiro atoms. The summed E-state index contributed by atoms with van der Waals surface area (Å²) in [6, 6.07) is 3.49. The van der Waals surface area contributed by atoms with E-state index in [2.05, 4.69) is 31.4 Å². The van der Waals surface area contributed by atoms with Gasteiger partial charge in [0.2, 0.25) is 5.13 Å². The second-order valence-electron chi connectivity index (χ2n) is 5.51. The van der Waals surface area contributed by atoms with Gasteiger partial charge in [0.25, 0.3) is 5.91 Å². The molecule has 1 aromatic carbocycles. The van der Waals surface area contributed by atoms with E-state index in [1.807, 2.05) is 6.92 Å². The van der Waals surface area contributed by atoms with Gasteiger partial charge in [0, 0.05) is 5.38 Å². The van der Waals surface area contributed by atoms with E-state index in [-0.39, 0.29) is 19.0 Å². The molecule has 0 atom stereocenters. The van der Waals surface area contributed by atoms with E-state index in [0.717, 1.165) is 5.56 Å². The van der Waals surface area contributed by atoms with Crippen LogP contribution >= 0.6 is 27.3 Å². The highest BCUT2D eigenvalue weighted by atomic mass is 79.9. The van der Waals surface area contributed by atoms with Crippen LogP contribution in [0.15, 0.2) is 27.1 Å². The number of carbonyl (C=O) groups is 2. The number of thiazole rings is 1. The van der Waals surface area contributed by atoms with Crippen LogP contribution in [-0.2, 0) is 20.7 Å². The molecule has 0 saturated heterocycles. The third kappa shape index (κ3) is 7.35. The minimum Gasteiger partial charge on any atom is -0.490 e. The van der Waals surface area contributed by atoms with Gasteiger partial charge in [-0.25, -0.2) is 4.98 Å². The molecule has 0 aliphatic rings. The number of anilines is 1. The summed E-state index contributed by atoms with van der Waals surface area (Å²) in [6.45, 7) is 4.09. The van der Waals surface area contributed by atoms with Crippen molar-refractivity contribution < 1.29 is 23.8 Å². The van der Waals surface area contributed by atoms with Gasteiger partial charge in [-0.15, -0.1) is 11.3 Å². The van der Waals surface area contributed by atoms with E-state index in [9.17, 15) is 9.59 Å². The molecular weight excluding hydrogens is 464 g/mol. The fourth-order valence-electron chi connectivity index (χ4n) is 2.17. The Morgan fingerprint density at radius 1 is 1.31 bits per heavy atom. The molecule has 0 saturated carbocycles. The van der Waals surface area contributed by atoms with Gasteiger partial charge >= 0.3 is 5.97 Å². The Morgan fingerprint density at radius 3 is 2.79 bits per heavy atom. The average molecular weight is 485 g/mol. The maximum atomic E-state index is 11.5. The first-order valence-corrected chi connectivity index (χ1v) is 10.4. The number of amides is 1. The molecule has 0 bridgehead atoms. The third-order valence-electron chi connectivity index (χ3n) is 3.25. The second kappa shape index (κ2) is 11.4. The molecule has 2 aromatic rings. The summed E-state index contributed by atoms with van der Waals surface area (Å²) >= 11 is 4.73. The molecular formula is C18H21BrN4O5S. The molecule has 1 amide bonds. The second-order valence-corrected chi connectivity index (χ2v) is 7.23. The summed E-state index contributed by atoms with van der Waals surface area (Å²) in [5, 5.41) is 6.47. The SMILES string of the molecule is CCOC(=O)Cc1csc(NN=Cc2cc(Br)c(OCC(N)=O)c(OCC)c2)n1. The van der Waals surface area contributed by atoms with Crippen LogP contribution in [0.4, 0.5) is 5.13 Å². The van der Waals surface area contributed by atoms with E-state index in [1.165, 1.54) is 11.3 Å². The summed E-state index contributed by atoms with van der Waals surface area (Å²) in [7, 11) is 0. The molecule has 29 heavy (non-hydrogen) atoms. The van der Waals surface area contributed by atoms with E-state index >= 15 is 0 Å². The molecule has 1 heterocycles. The summed E-state index contributed by atoms with van der Waals surface area (Å²) in [6.07, 6.45) is 1.70. The first-order chi connectivity index (χ1) is 13.9. The number of nitrogens with two attached hydrogens (primary N) is 1. The van der Waals surface area contributed by atoms with Gasteiger partial charge < -0.3 is 19.9 Å². The first kappa shape index (κ1) is 22.6. The highest BCUT2D eigenvalue weighted by Crippen LogP contribution is 2.36. The number of hydrogen-bond acceptors (Lipinski definition) is 9. The molecule has 11 heteroatoms. The quantitative estimate of drug-likeness (QED) is 0.285. The number of ether oxygens (including phenoxy) is 3. The molecule has 3 N–H and O–H groups in total. The fraction of sp³-hybridized carbons (Fsp3) is 0.333. The highest BCUT2D eigenvalue weighted by molar-refractivity contribution is 9.10. The Bertz CT molecular complexity index is 887. The summed E-state index contributed by atoms with van der Waals surface area (Å²) in [4.78, 5) is 26.7. The lowest BCUT2D eigenvalue weighted by atomic mass is 10.2. The van der Waals surface area contributed by atoms with Crippen LogP contribution in [0.25, 0.3) is 0 Å². The zero-order valence-corrected chi connectivity index (χ0v) is 18.3. The third-order valence-corrected chi connectivity index (χ3v) is 4.63. The van der Waals surface area contributed by atoms with E-state index in [4.69, 9.17) is 19.9 Å². The van der Waals surface area contributed by atoms with Gasteiger partial charge in [0.05, 0.1) is 36.0 Å². The Balaban J connectivity index is 2.05. The van der Waals surface area contributed by atoms with E-state index in [1.54, 1.807) is 30.7 Å². The molecule has 0 fully saturated rings. The van der Waals surface area contributed by atoms with Gasteiger partial charge in [-0.2, -0.15) is 5.10 Å². The molecule has 0 radical (unpaired) electrons. The lowest BCUT2D eigenvalue weighted by molar-refractivity contribution is -0.142. The topological polar surface area (TPSA) is 125 Å². The lowest BCUT2D eigenvalue weighted by Gasteiger charge is -2.13. The summed E-state index contributed by atoms with van der Waals surface area (Å²) in [5.74, 6) is -0.0606. The zero-order chi connectivity index (χ0) is 21.2. The number of hydrogen-bond donors (Lipinski definition) is 2. The number of hydrazone groups is 1. The van der Waals surface area contributed by atoms with Crippen LogP contribution in [0.5, 0.6) is 11.5 Å². The number of nitrogens with one attached hydrogen (secondary N) is 1. The number of benzene rings is 1. The normalized spacial score (nSPS) is 10.7. The van der Waals surface area contributed by atoms with Crippen molar-refractivity contribution in [1.29, 1.82) is 0 Å². The largest absolute Gasteiger partial charge is 0.490 e. The predicted molar refractivity (Wildman–Crippen MR) is 114 cm³/mol. The van der Waals surface area contributed by atoms with Crippen molar-refractivity contribution in [3.8, 4) is 11.5 Å². The minimum atomic E-state index is -0.583. The molecule has 0 aliphatic heterocycles. The van der Waals surface area contributed by atoms with E-state index in [0.29, 0.717) is 40.0 Å². The molecule has 1 aromatic heterocycles. The van der Waals surface area contributed by atoms with Crippen molar-refractivity contribution in [2.45, 2.75) is 20.3 Å². The molecule has 0 unspecified atom stereocenters. The van der Waals surface area contributed by atoms with Crippen molar-refractivity contribution in [2.24, 2.45) is 10.8 Å². The van der Waals surface area contributed by atoms with Gasteiger partial charge in [0.1, 0.15) is 0 Å². The maximum absolute atomic E-state index is 11.5. The van der Waals surface area contributed by atoms with Crippen LogP contribution in [0, 0.1) is 0 Å². The zero-order valence-electron chi connectivity index (χ0n) is 15.9. The highest BCUT2D eigenvalue weighted by Gasteiger charge is 2.13. The molecule has 0 aliphatic carbocycles. The van der Waals surface area contributed by atoms with Crippen LogP contribution < -0.4 is 20.6 Å². The molecule has 2 rings (SSSR count). The average Bonchev–Trinajstić information content (AvgIpc) is 3.08. The van der Waals surface area contributed by atoms with Crippen molar-refractivity contribution in [2.75, 3.05) is 25.2 Å². The van der Waals surface area contributed by atoms with Crippen molar-refractivity contribution in [1.82, 2.24) is 4.98 Å². The van der Waals surface area contributed by atoms with Crippen molar-refractivity contribution in [3.05, 3.63) is 33.2 Å². The van der Waals surface area contributed by atoms with E-state index < -0.39 is 5.91 Å². The number of aromatic nitrogens is 1. The number of esters is 1. The lowest BCUT2D eigenvalue weighted by Crippen LogP contribution is -2.20. The molecule has 156 valence electrons. The number of rotatable bonds is 11. The predicted octanol–water partition coefficient (Wildman–Crippen LogP) is 2.72. The number of nitrogens with zero attached hydrogens (tertiary/aromatic N) is 2. The standard InChI is InChI=1S/C18H21BrN4O5S/c1-3-26-14-6-11(5-13(19)17(14)28-9-15(20)24)8-21-23-18-22-12(10-29-18)7-16(25)27-4-2/h5-6,8,10H,3-4,7,9H2,1-2H3,(H2,20,24)(H,22,23). The van der Waals surface area contributed by atoms with Gasteiger partial charge in [-0.05, 0) is 47.5 Å². The van der Waals surface area contributed by atoms with Gasteiger partial charge in [-0.1, -0.05) is 0 Å². The van der Waals surface area contributed by atoms with Gasteiger partial charge in [0.15, 0.2) is 18.1 Å². The first-order valence-electron chi connectivity index (χ1n) is 8.69. The monoisotopic (exact) mass is 484 g/mol. The summed E-state index contributed by atoms with van der Waals surface area (Å²) in [5.41, 5.74) is 9.29. The minimum absolute atomic E-state index is 0.118. The van der Waals surface area contributed by atoms with Crippen molar-refractivity contribution >= 4 is 50.5 Å².